The fraction of sp³-hybridized carbons (Fsp3) is 0.611. The number of rotatable bonds is 14. The van der Waals surface area contributed by atoms with Crippen LogP contribution in [-0.2, 0) is 20.7 Å². The molecule has 118 valence electrons. The summed E-state index contributed by atoms with van der Waals surface area (Å²) in [4.78, 5) is 9.92. The van der Waals surface area contributed by atoms with E-state index in [1.54, 1.807) is 0 Å². The molecular formula is C18H28O3. The van der Waals surface area contributed by atoms with Crippen LogP contribution in [0.25, 0.3) is 0 Å². The maximum absolute atomic E-state index is 9.92. The van der Waals surface area contributed by atoms with Crippen molar-refractivity contribution in [3.8, 4) is 0 Å². The van der Waals surface area contributed by atoms with Crippen molar-refractivity contribution in [2.45, 2.75) is 51.4 Å². The standard InChI is InChI=1S/C18H28O3/c19-17-21-16-10-4-9-15-20-14-8-2-1-5-11-18-12-6-3-7-13-18/h3,6-7,12-13,17H,1-2,4-5,8-11,14-16H2. The highest BCUT2D eigenvalue weighted by Gasteiger charge is 1.94. The van der Waals surface area contributed by atoms with Crippen molar-refractivity contribution in [1.82, 2.24) is 0 Å². The highest BCUT2D eigenvalue weighted by Crippen LogP contribution is 2.07. The maximum Gasteiger partial charge on any atom is 0.293 e. The van der Waals surface area contributed by atoms with Gasteiger partial charge in [-0.3, -0.25) is 4.79 Å². The summed E-state index contributed by atoms with van der Waals surface area (Å²) in [7, 11) is 0. The average Bonchev–Trinajstić information content (AvgIpc) is 2.53. The molecule has 0 spiro atoms. The SMILES string of the molecule is O=COCCCCCOCCCCCCc1ccccc1. The quantitative estimate of drug-likeness (QED) is 0.382. The Labute approximate surface area is 128 Å². The normalized spacial score (nSPS) is 10.5. The van der Waals surface area contributed by atoms with Gasteiger partial charge >= 0.3 is 0 Å². The summed E-state index contributed by atoms with van der Waals surface area (Å²) >= 11 is 0. The van der Waals surface area contributed by atoms with E-state index in [0.29, 0.717) is 13.1 Å². The Morgan fingerprint density at radius 2 is 1.38 bits per heavy atom. The van der Waals surface area contributed by atoms with Crippen LogP contribution in [0, 0.1) is 0 Å². The topological polar surface area (TPSA) is 35.5 Å². The first kappa shape index (κ1) is 17.7. The zero-order valence-corrected chi connectivity index (χ0v) is 13.0. The van der Waals surface area contributed by atoms with Gasteiger partial charge in [-0.2, -0.15) is 0 Å². The molecule has 3 nitrogen and oxygen atoms in total. The lowest BCUT2D eigenvalue weighted by molar-refractivity contribution is -0.128. The van der Waals surface area contributed by atoms with E-state index in [0.717, 1.165) is 38.9 Å². The van der Waals surface area contributed by atoms with Crippen molar-refractivity contribution in [3.63, 3.8) is 0 Å². The Morgan fingerprint density at radius 3 is 2.10 bits per heavy atom. The lowest BCUT2D eigenvalue weighted by Gasteiger charge is -2.05. The lowest BCUT2D eigenvalue weighted by Crippen LogP contribution is -1.98. The van der Waals surface area contributed by atoms with Crippen molar-refractivity contribution < 1.29 is 14.3 Å². The third-order valence-electron chi connectivity index (χ3n) is 3.47. The molecule has 0 unspecified atom stereocenters. The summed E-state index contributed by atoms with van der Waals surface area (Å²) in [5, 5.41) is 0. The van der Waals surface area contributed by atoms with Gasteiger partial charge < -0.3 is 9.47 Å². The first-order valence-electron chi connectivity index (χ1n) is 8.10. The van der Waals surface area contributed by atoms with Gasteiger partial charge in [0.2, 0.25) is 0 Å². The van der Waals surface area contributed by atoms with Gasteiger partial charge in [-0.15, -0.1) is 0 Å². The second-order valence-electron chi connectivity index (χ2n) is 5.29. The fourth-order valence-electron chi connectivity index (χ4n) is 2.25. The van der Waals surface area contributed by atoms with Crippen molar-refractivity contribution in [2.75, 3.05) is 19.8 Å². The summed E-state index contributed by atoms with van der Waals surface area (Å²) < 4.78 is 10.2. The Kier molecular flexibility index (Phi) is 11.5. The molecule has 3 heteroatoms. The van der Waals surface area contributed by atoms with Gasteiger partial charge in [-0.1, -0.05) is 43.2 Å². The molecule has 0 aliphatic rings. The van der Waals surface area contributed by atoms with E-state index in [1.165, 1.54) is 31.2 Å². The molecule has 1 aromatic rings. The first-order chi connectivity index (χ1) is 10.4. The number of hydrogen-bond donors (Lipinski definition) is 0. The molecule has 0 fully saturated rings. The van der Waals surface area contributed by atoms with Crippen LogP contribution in [0.4, 0.5) is 0 Å². The number of aryl methyl sites for hydroxylation is 1. The second-order valence-corrected chi connectivity index (χ2v) is 5.29. The van der Waals surface area contributed by atoms with Gasteiger partial charge in [0.25, 0.3) is 6.47 Å². The van der Waals surface area contributed by atoms with Crippen LogP contribution in [0.3, 0.4) is 0 Å². The molecule has 0 saturated heterocycles. The molecule has 0 bridgehead atoms. The highest BCUT2D eigenvalue weighted by molar-refractivity contribution is 5.36. The molecular weight excluding hydrogens is 264 g/mol. The van der Waals surface area contributed by atoms with Crippen molar-refractivity contribution in [1.29, 1.82) is 0 Å². The van der Waals surface area contributed by atoms with Crippen LogP contribution >= 0.6 is 0 Å². The van der Waals surface area contributed by atoms with E-state index in [2.05, 4.69) is 35.1 Å². The predicted octanol–water partition coefficient (Wildman–Crippen LogP) is 4.15. The van der Waals surface area contributed by atoms with E-state index in [4.69, 9.17) is 4.74 Å². The van der Waals surface area contributed by atoms with Crippen LogP contribution in [-0.4, -0.2) is 26.3 Å². The van der Waals surface area contributed by atoms with E-state index < -0.39 is 0 Å². The number of ether oxygens (including phenoxy) is 2. The number of hydrogen-bond acceptors (Lipinski definition) is 3. The highest BCUT2D eigenvalue weighted by atomic mass is 16.5. The molecule has 0 aliphatic carbocycles. The van der Waals surface area contributed by atoms with E-state index >= 15 is 0 Å². The minimum Gasteiger partial charge on any atom is -0.468 e. The monoisotopic (exact) mass is 292 g/mol. The predicted molar refractivity (Wildman–Crippen MR) is 85.3 cm³/mol. The zero-order chi connectivity index (χ0) is 15.0. The van der Waals surface area contributed by atoms with Crippen LogP contribution in [0.5, 0.6) is 0 Å². The molecule has 0 aromatic heterocycles. The third-order valence-corrected chi connectivity index (χ3v) is 3.47. The van der Waals surface area contributed by atoms with Crippen molar-refractivity contribution in [2.24, 2.45) is 0 Å². The van der Waals surface area contributed by atoms with Gasteiger partial charge in [0, 0.05) is 13.2 Å². The summed E-state index contributed by atoms with van der Waals surface area (Å²) in [6.07, 6.45) is 9.18. The average molecular weight is 292 g/mol. The molecule has 1 rings (SSSR count). The van der Waals surface area contributed by atoms with Gasteiger partial charge in [-0.25, -0.2) is 0 Å². The summed E-state index contributed by atoms with van der Waals surface area (Å²) in [6, 6.07) is 10.7. The number of benzene rings is 1. The van der Waals surface area contributed by atoms with E-state index in [9.17, 15) is 4.79 Å². The minimum absolute atomic E-state index is 0.508. The van der Waals surface area contributed by atoms with Crippen molar-refractivity contribution in [3.05, 3.63) is 35.9 Å². The van der Waals surface area contributed by atoms with Gasteiger partial charge in [0.1, 0.15) is 0 Å². The van der Waals surface area contributed by atoms with Crippen LogP contribution in [0.2, 0.25) is 0 Å². The smallest absolute Gasteiger partial charge is 0.293 e. The van der Waals surface area contributed by atoms with Gasteiger partial charge in [-0.05, 0) is 44.1 Å². The van der Waals surface area contributed by atoms with Gasteiger partial charge in [0.15, 0.2) is 0 Å². The number of unbranched alkanes of at least 4 members (excludes halogenated alkanes) is 5. The van der Waals surface area contributed by atoms with Crippen molar-refractivity contribution >= 4 is 6.47 Å². The number of carbonyl (C=O) groups is 1. The Hall–Kier alpha value is -1.35. The van der Waals surface area contributed by atoms with Crippen LogP contribution in [0.15, 0.2) is 30.3 Å². The Morgan fingerprint density at radius 1 is 0.762 bits per heavy atom. The Bertz CT molecular complexity index is 338. The number of carbonyl (C=O) groups excluding carboxylic acids is 1. The fourth-order valence-corrected chi connectivity index (χ4v) is 2.25. The molecule has 0 saturated carbocycles. The Balaban J connectivity index is 1.76. The van der Waals surface area contributed by atoms with E-state index in [-0.39, 0.29) is 0 Å². The molecule has 21 heavy (non-hydrogen) atoms. The third kappa shape index (κ3) is 11.0. The zero-order valence-electron chi connectivity index (χ0n) is 13.0. The van der Waals surface area contributed by atoms with Crippen LogP contribution in [0.1, 0.15) is 50.5 Å². The molecule has 0 radical (unpaired) electrons. The van der Waals surface area contributed by atoms with E-state index in [1.807, 2.05) is 0 Å². The summed E-state index contributed by atoms with van der Waals surface area (Å²) in [5.74, 6) is 0. The van der Waals surface area contributed by atoms with Crippen LogP contribution < -0.4 is 0 Å². The second kappa shape index (κ2) is 13.6. The molecule has 0 N–H and O–H groups in total. The maximum atomic E-state index is 9.92. The summed E-state index contributed by atoms with van der Waals surface area (Å²) in [5.41, 5.74) is 1.44. The largest absolute Gasteiger partial charge is 0.468 e. The minimum atomic E-state index is 0.508. The summed E-state index contributed by atoms with van der Waals surface area (Å²) in [6.45, 7) is 2.74. The lowest BCUT2D eigenvalue weighted by atomic mass is 10.1. The molecule has 0 atom stereocenters. The molecule has 0 heterocycles. The molecule has 0 amide bonds. The van der Waals surface area contributed by atoms with Gasteiger partial charge in [0.05, 0.1) is 6.61 Å². The molecule has 1 aromatic carbocycles. The first-order valence-corrected chi connectivity index (χ1v) is 8.10. The molecule has 0 aliphatic heterocycles.